The first-order chi connectivity index (χ1) is 16.2. The number of ether oxygens (including phenoxy) is 2. The number of hydrogen-bond donors (Lipinski definition) is 0. The van der Waals surface area contributed by atoms with Crippen molar-refractivity contribution in [2.24, 2.45) is 5.92 Å². The third-order valence-electron chi connectivity index (χ3n) is 6.65. The van der Waals surface area contributed by atoms with Gasteiger partial charge in [0.2, 0.25) is 0 Å². The van der Waals surface area contributed by atoms with Crippen LogP contribution in [0, 0.1) is 5.92 Å². The second kappa shape index (κ2) is 9.87. The van der Waals surface area contributed by atoms with Crippen LogP contribution in [0.3, 0.4) is 0 Å². The van der Waals surface area contributed by atoms with E-state index >= 15 is 0 Å². The summed E-state index contributed by atoms with van der Waals surface area (Å²) in [5.74, 6) is 2.44. The first kappa shape index (κ1) is 21.8. The largest absolute Gasteiger partial charge is 0.488 e. The van der Waals surface area contributed by atoms with E-state index in [2.05, 4.69) is 43.0 Å². The van der Waals surface area contributed by atoms with E-state index in [9.17, 15) is 0 Å². The van der Waals surface area contributed by atoms with Gasteiger partial charge in [0.1, 0.15) is 23.4 Å². The van der Waals surface area contributed by atoms with Crippen LogP contribution in [-0.4, -0.2) is 66.4 Å². The van der Waals surface area contributed by atoms with Crippen molar-refractivity contribution in [1.29, 1.82) is 0 Å². The molecule has 0 spiro atoms. The molecule has 2 fully saturated rings. The summed E-state index contributed by atoms with van der Waals surface area (Å²) >= 11 is 0. The molecule has 0 atom stereocenters. The summed E-state index contributed by atoms with van der Waals surface area (Å²) in [5.41, 5.74) is 3.98. The normalized spacial score (nSPS) is 21.2. The molecule has 1 saturated heterocycles. The first-order valence-corrected chi connectivity index (χ1v) is 11.9. The Morgan fingerprint density at radius 2 is 1.76 bits per heavy atom. The van der Waals surface area contributed by atoms with Gasteiger partial charge in [0.25, 0.3) is 0 Å². The number of hydrogen-bond acceptors (Lipinski definition) is 8. The van der Waals surface area contributed by atoms with Crippen molar-refractivity contribution in [3.8, 4) is 5.75 Å². The summed E-state index contributed by atoms with van der Waals surface area (Å²) in [5, 5.41) is 0. The molecular weight excluding hydrogens is 416 g/mol. The number of aromatic nitrogens is 4. The molecule has 0 bridgehead atoms. The molecule has 1 saturated carbocycles. The Morgan fingerprint density at radius 1 is 0.970 bits per heavy atom. The van der Waals surface area contributed by atoms with Crippen LogP contribution in [0.1, 0.15) is 31.4 Å². The van der Waals surface area contributed by atoms with Crippen molar-refractivity contribution in [2.45, 2.75) is 38.2 Å². The minimum Gasteiger partial charge on any atom is -0.488 e. The molecule has 0 N–H and O–H groups in total. The second-order valence-corrected chi connectivity index (χ2v) is 9.19. The molecule has 0 radical (unpaired) electrons. The van der Waals surface area contributed by atoms with Gasteiger partial charge in [0.05, 0.1) is 24.8 Å². The molecule has 3 heterocycles. The summed E-state index contributed by atoms with van der Waals surface area (Å²) in [7, 11) is 4.02. The van der Waals surface area contributed by atoms with Crippen LogP contribution in [0.5, 0.6) is 5.75 Å². The molecule has 5 rings (SSSR count). The molecular formula is C25H32N6O2. The van der Waals surface area contributed by atoms with Gasteiger partial charge in [-0.3, -0.25) is 4.98 Å². The molecule has 3 aromatic rings. The van der Waals surface area contributed by atoms with E-state index in [4.69, 9.17) is 9.47 Å². The molecule has 8 heteroatoms. The molecule has 0 unspecified atom stereocenters. The molecule has 1 aliphatic carbocycles. The van der Waals surface area contributed by atoms with Crippen LogP contribution in [0.2, 0.25) is 0 Å². The van der Waals surface area contributed by atoms with Gasteiger partial charge in [-0.25, -0.2) is 15.0 Å². The summed E-state index contributed by atoms with van der Waals surface area (Å²) in [6.07, 6.45) is 10.7. The zero-order valence-corrected chi connectivity index (χ0v) is 19.5. The fourth-order valence-electron chi connectivity index (χ4n) is 4.79. The average Bonchev–Trinajstić information content (AvgIpc) is 2.86. The molecule has 1 aliphatic heterocycles. The number of anilines is 2. The summed E-state index contributed by atoms with van der Waals surface area (Å²) in [6, 6.07) is 6.35. The summed E-state index contributed by atoms with van der Waals surface area (Å²) < 4.78 is 12.1. The number of morpholine rings is 1. The fraction of sp³-hybridized carbons (Fsp3) is 0.520. The van der Waals surface area contributed by atoms with Gasteiger partial charge in [-0.15, -0.1) is 0 Å². The highest BCUT2D eigenvalue weighted by Gasteiger charge is 2.25. The Bertz CT molecular complexity index is 1080. The predicted molar refractivity (Wildman–Crippen MR) is 129 cm³/mol. The van der Waals surface area contributed by atoms with Crippen LogP contribution in [0.25, 0.3) is 11.0 Å². The Balaban J connectivity index is 1.26. The van der Waals surface area contributed by atoms with Crippen LogP contribution in [0.4, 0.5) is 11.5 Å². The van der Waals surface area contributed by atoms with Crippen molar-refractivity contribution in [2.75, 3.05) is 50.2 Å². The van der Waals surface area contributed by atoms with Gasteiger partial charge in [-0.2, -0.15) is 0 Å². The summed E-state index contributed by atoms with van der Waals surface area (Å²) in [6.45, 7) is 3.27. The van der Waals surface area contributed by atoms with Crippen molar-refractivity contribution in [3.63, 3.8) is 0 Å². The molecule has 8 nitrogen and oxygen atoms in total. The number of fused-ring (bicyclic) bond motifs is 1. The Hall–Kier alpha value is -3.00. The van der Waals surface area contributed by atoms with Crippen molar-refractivity contribution >= 4 is 22.5 Å². The third kappa shape index (κ3) is 5.16. The van der Waals surface area contributed by atoms with Crippen molar-refractivity contribution in [1.82, 2.24) is 19.9 Å². The van der Waals surface area contributed by atoms with Gasteiger partial charge >= 0.3 is 0 Å². The standard InChI is InChI=1S/C25H32N6O2/c1-30(2)24-14-19(28-17-29-24)13-18-3-5-21(6-4-18)33-23-16-20(31-9-11-32-12-10-31)15-22-25(23)27-8-7-26-22/h7-8,14-18,21H,3-6,9-13H2,1-2H3. The van der Waals surface area contributed by atoms with E-state index in [0.717, 1.165) is 92.4 Å². The van der Waals surface area contributed by atoms with Crippen LogP contribution >= 0.6 is 0 Å². The SMILES string of the molecule is CN(C)c1cc(CC2CCC(Oc3cc(N4CCOCC4)cc4nccnc34)CC2)ncn1. The topological polar surface area (TPSA) is 76.5 Å². The Morgan fingerprint density at radius 3 is 2.55 bits per heavy atom. The van der Waals surface area contributed by atoms with E-state index in [0.29, 0.717) is 5.92 Å². The molecule has 33 heavy (non-hydrogen) atoms. The lowest BCUT2D eigenvalue weighted by Crippen LogP contribution is -2.36. The molecule has 2 aromatic heterocycles. The quantitative estimate of drug-likeness (QED) is 0.567. The maximum absolute atomic E-state index is 6.56. The third-order valence-corrected chi connectivity index (χ3v) is 6.65. The van der Waals surface area contributed by atoms with E-state index in [1.165, 1.54) is 0 Å². The summed E-state index contributed by atoms with van der Waals surface area (Å²) in [4.78, 5) is 22.3. The van der Waals surface area contributed by atoms with Crippen LogP contribution in [0.15, 0.2) is 36.9 Å². The maximum Gasteiger partial charge on any atom is 0.149 e. The fourth-order valence-corrected chi connectivity index (χ4v) is 4.79. The van der Waals surface area contributed by atoms with E-state index in [1.54, 1.807) is 18.7 Å². The van der Waals surface area contributed by atoms with Crippen molar-refractivity contribution < 1.29 is 9.47 Å². The minimum atomic E-state index is 0.203. The van der Waals surface area contributed by atoms with Crippen LogP contribution < -0.4 is 14.5 Å². The van der Waals surface area contributed by atoms with Gasteiger partial charge < -0.3 is 19.3 Å². The maximum atomic E-state index is 6.56. The van der Waals surface area contributed by atoms with Crippen molar-refractivity contribution in [3.05, 3.63) is 42.6 Å². The first-order valence-electron chi connectivity index (χ1n) is 11.9. The highest BCUT2D eigenvalue weighted by atomic mass is 16.5. The highest BCUT2D eigenvalue weighted by Crippen LogP contribution is 2.34. The average molecular weight is 449 g/mol. The monoisotopic (exact) mass is 448 g/mol. The zero-order valence-electron chi connectivity index (χ0n) is 19.5. The lowest BCUT2D eigenvalue weighted by Gasteiger charge is -2.31. The van der Waals surface area contributed by atoms with E-state index in [-0.39, 0.29) is 6.10 Å². The molecule has 1 aromatic carbocycles. The zero-order chi connectivity index (χ0) is 22.6. The number of rotatable bonds is 6. The highest BCUT2D eigenvalue weighted by molar-refractivity contribution is 5.85. The number of benzene rings is 1. The molecule has 2 aliphatic rings. The lowest BCUT2D eigenvalue weighted by molar-refractivity contribution is 0.122. The number of nitrogens with zero attached hydrogens (tertiary/aromatic N) is 6. The molecule has 0 amide bonds. The lowest BCUT2D eigenvalue weighted by atomic mass is 9.84. The Labute approximate surface area is 195 Å². The predicted octanol–water partition coefficient (Wildman–Crippen LogP) is 3.50. The molecule has 174 valence electrons. The van der Waals surface area contributed by atoms with Crippen LogP contribution in [-0.2, 0) is 11.2 Å². The van der Waals surface area contributed by atoms with Gasteiger partial charge in [0, 0.05) is 63.1 Å². The smallest absolute Gasteiger partial charge is 0.149 e. The van der Waals surface area contributed by atoms with Gasteiger partial charge in [0.15, 0.2) is 0 Å². The minimum absolute atomic E-state index is 0.203. The van der Waals surface area contributed by atoms with E-state index in [1.807, 2.05) is 19.0 Å². The Kier molecular flexibility index (Phi) is 6.53. The van der Waals surface area contributed by atoms with E-state index < -0.39 is 0 Å². The second-order valence-electron chi connectivity index (χ2n) is 9.19. The van der Waals surface area contributed by atoms with Gasteiger partial charge in [-0.1, -0.05) is 0 Å². The van der Waals surface area contributed by atoms with Gasteiger partial charge in [-0.05, 0) is 44.1 Å².